The second kappa shape index (κ2) is 8.57. The number of halogens is 3. The number of alkyl halides is 3. The number of amides is 1. The van der Waals surface area contributed by atoms with Gasteiger partial charge in [-0.15, -0.1) is 0 Å². The molecule has 0 aliphatic heterocycles. The summed E-state index contributed by atoms with van der Waals surface area (Å²) in [6.07, 6.45) is -4.91. The van der Waals surface area contributed by atoms with Crippen molar-refractivity contribution in [1.29, 1.82) is 0 Å². The van der Waals surface area contributed by atoms with Crippen molar-refractivity contribution in [3.63, 3.8) is 0 Å². The first kappa shape index (κ1) is 20.3. The van der Waals surface area contributed by atoms with Crippen molar-refractivity contribution in [2.45, 2.75) is 25.6 Å². The first-order valence-electron chi connectivity index (χ1n) is 8.06. The van der Waals surface area contributed by atoms with Crippen LogP contribution in [0.5, 0.6) is 5.75 Å². The van der Waals surface area contributed by atoms with Gasteiger partial charge < -0.3 is 15.2 Å². The molecule has 2 aromatic rings. The van der Waals surface area contributed by atoms with Crippen molar-refractivity contribution in [2.75, 3.05) is 6.61 Å². The Kier molecular flexibility index (Phi) is 6.44. The van der Waals surface area contributed by atoms with Gasteiger partial charge in [0.25, 0.3) is 0 Å². The first-order chi connectivity index (χ1) is 12.7. The van der Waals surface area contributed by atoms with Crippen LogP contribution in [0, 0.1) is 0 Å². The number of carbonyl (C=O) groups is 2. The minimum atomic E-state index is -4.52. The van der Waals surface area contributed by atoms with Crippen LogP contribution < -0.4 is 10.1 Å². The van der Waals surface area contributed by atoms with Gasteiger partial charge in [0, 0.05) is 0 Å². The highest BCUT2D eigenvalue weighted by Gasteiger charge is 2.33. The molecule has 0 heterocycles. The van der Waals surface area contributed by atoms with Crippen LogP contribution in [0.3, 0.4) is 0 Å². The Bertz CT molecular complexity index is 803. The van der Waals surface area contributed by atoms with E-state index in [1.165, 1.54) is 18.2 Å². The van der Waals surface area contributed by atoms with E-state index in [4.69, 9.17) is 9.84 Å². The predicted octanol–water partition coefficient (Wildman–Crippen LogP) is 3.59. The maximum Gasteiger partial charge on any atom is 0.416 e. The number of carboxylic acid groups (broad SMARTS) is 1. The highest BCUT2D eigenvalue weighted by Crippen LogP contribution is 2.32. The number of nitrogens with one attached hydrogen (secondary N) is 1. The molecule has 0 radical (unpaired) electrons. The maximum absolute atomic E-state index is 13.0. The molecule has 1 unspecified atom stereocenters. The molecule has 1 atom stereocenters. The van der Waals surface area contributed by atoms with Crippen molar-refractivity contribution in [3.8, 4) is 5.75 Å². The molecular weight excluding hydrogens is 363 g/mol. The lowest BCUT2D eigenvalue weighted by molar-refractivity contribution is -0.139. The molecule has 5 nitrogen and oxygen atoms in total. The van der Waals surface area contributed by atoms with Crippen molar-refractivity contribution >= 4 is 11.9 Å². The van der Waals surface area contributed by atoms with Gasteiger partial charge in [0.15, 0.2) is 6.61 Å². The van der Waals surface area contributed by atoms with E-state index in [2.05, 4.69) is 5.32 Å². The van der Waals surface area contributed by atoms with E-state index in [0.717, 1.165) is 6.07 Å². The summed E-state index contributed by atoms with van der Waals surface area (Å²) in [5, 5.41) is 11.2. The molecule has 2 aromatic carbocycles. The molecular formula is C19H18F3NO4. The van der Waals surface area contributed by atoms with Gasteiger partial charge in [-0.2, -0.15) is 13.2 Å². The van der Waals surface area contributed by atoms with E-state index in [9.17, 15) is 22.8 Å². The molecule has 0 saturated carbocycles. The zero-order valence-corrected chi connectivity index (χ0v) is 14.4. The van der Waals surface area contributed by atoms with Crippen LogP contribution in [0.25, 0.3) is 0 Å². The van der Waals surface area contributed by atoms with E-state index >= 15 is 0 Å². The number of rotatable bonds is 7. The van der Waals surface area contributed by atoms with Crippen molar-refractivity contribution in [2.24, 2.45) is 0 Å². The summed E-state index contributed by atoms with van der Waals surface area (Å²) in [5.41, 5.74) is -0.213. The summed E-state index contributed by atoms with van der Waals surface area (Å²) < 4.78 is 44.0. The van der Waals surface area contributed by atoms with Gasteiger partial charge in [-0.05, 0) is 36.2 Å². The molecule has 8 heteroatoms. The molecule has 1 amide bonds. The Morgan fingerprint density at radius 3 is 2.33 bits per heavy atom. The Labute approximate surface area is 153 Å². The lowest BCUT2D eigenvalue weighted by atomic mass is 10.0. The largest absolute Gasteiger partial charge is 0.482 e. The maximum atomic E-state index is 13.0. The molecule has 2 N–H and O–H groups in total. The summed E-state index contributed by atoms with van der Waals surface area (Å²) in [6, 6.07) is 10.9. The SMILES string of the molecule is CC(NC(=O)Cc1ccccc1C(F)(F)F)c1ccc(OCC(=O)O)cc1. The van der Waals surface area contributed by atoms with Crippen molar-refractivity contribution in [3.05, 3.63) is 65.2 Å². The molecule has 27 heavy (non-hydrogen) atoms. The second-order valence-electron chi connectivity index (χ2n) is 5.87. The number of hydrogen-bond donors (Lipinski definition) is 2. The summed E-state index contributed by atoms with van der Waals surface area (Å²) in [6.45, 7) is 1.23. The van der Waals surface area contributed by atoms with Gasteiger partial charge in [0.2, 0.25) is 5.91 Å². The molecule has 0 aromatic heterocycles. The van der Waals surface area contributed by atoms with Gasteiger partial charge in [0.05, 0.1) is 18.0 Å². The van der Waals surface area contributed by atoms with E-state index < -0.39 is 36.3 Å². The van der Waals surface area contributed by atoms with E-state index in [1.807, 2.05) is 0 Å². The Morgan fingerprint density at radius 2 is 1.74 bits per heavy atom. The Balaban J connectivity index is 1.99. The highest BCUT2D eigenvalue weighted by atomic mass is 19.4. The van der Waals surface area contributed by atoms with Gasteiger partial charge in [-0.25, -0.2) is 4.79 Å². The van der Waals surface area contributed by atoms with Gasteiger partial charge in [-0.3, -0.25) is 4.79 Å². The lowest BCUT2D eigenvalue weighted by Gasteiger charge is -2.16. The first-order valence-corrected chi connectivity index (χ1v) is 8.06. The summed E-state index contributed by atoms with van der Waals surface area (Å²) in [4.78, 5) is 22.6. The van der Waals surface area contributed by atoms with Crippen molar-refractivity contribution < 1.29 is 32.6 Å². The van der Waals surface area contributed by atoms with Crippen LogP contribution >= 0.6 is 0 Å². The van der Waals surface area contributed by atoms with Crippen LogP contribution in [0.2, 0.25) is 0 Å². The highest BCUT2D eigenvalue weighted by molar-refractivity contribution is 5.79. The molecule has 0 spiro atoms. The third-order valence-corrected chi connectivity index (χ3v) is 3.79. The smallest absolute Gasteiger partial charge is 0.416 e. The fraction of sp³-hybridized carbons (Fsp3) is 0.263. The standard InChI is InChI=1S/C19H18F3NO4/c1-12(13-6-8-15(9-7-13)27-11-18(25)26)23-17(24)10-14-4-2-3-5-16(14)19(20,21)22/h2-9,12H,10-11H2,1H3,(H,23,24)(H,25,26). The molecule has 144 valence electrons. The van der Waals surface area contributed by atoms with Crippen LogP contribution in [0.15, 0.2) is 48.5 Å². The summed E-state index contributed by atoms with van der Waals surface area (Å²) in [7, 11) is 0. The zero-order chi connectivity index (χ0) is 20.0. The number of carboxylic acids is 1. The summed E-state index contributed by atoms with van der Waals surface area (Å²) >= 11 is 0. The quantitative estimate of drug-likeness (QED) is 0.769. The molecule has 0 bridgehead atoms. The average molecular weight is 381 g/mol. The van der Waals surface area contributed by atoms with E-state index in [-0.39, 0.29) is 12.0 Å². The topological polar surface area (TPSA) is 75.6 Å². The second-order valence-corrected chi connectivity index (χ2v) is 5.87. The Hall–Kier alpha value is -3.03. The van der Waals surface area contributed by atoms with Gasteiger partial charge >= 0.3 is 12.1 Å². The number of ether oxygens (including phenoxy) is 1. The molecule has 0 aliphatic rings. The Morgan fingerprint density at radius 1 is 1.11 bits per heavy atom. The number of benzene rings is 2. The van der Waals surface area contributed by atoms with Crippen LogP contribution in [0.4, 0.5) is 13.2 Å². The van der Waals surface area contributed by atoms with Crippen LogP contribution in [-0.2, 0) is 22.2 Å². The number of carbonyl (C=O) groups excluding carboxylic acids is 1. The molecule has 2 rings (SSSR count). The predicted molar refractivity (Wildman–Crippen MR) is 91.3 cm³/mol. The van der Waals surface area contributed by atoms with Crippen LogP contribution in [-0.4, -0.2) is 23.6 Å². The fourth-order valence-corrected chi connectivity index (χ4v) is 2.50. The third kappa shape index (κ3) is 6.02. The van der Waals surface area contributed by atoms with Crippen molar-refractivity contribution in [1.82, 2.24) is 5.32 Å². The van der Waals surface area contributed by atoms with Gasteiger partial charge in [-0.1, -0.05) is 30.3 Å². The fourth-order valence-electron chi connectivity index (χ4n) is 2.50. The number of aliphatic carboxylic acids is 1. The monoisotopic (exact) mass is 381 g/mol. The van der Waals surface area contributed by atoms with E-state index in [1.54, 1.807) is 31.2 Å². The zero-order valence-electron chi connectivity index (χ0n) is 14.4. The number of hydrogen-bond acceptors (Lipinski definition) is 3. The minimum Gasteiger partial charge on any atom is -0.482 e. The summed E-state index contributed by atoms with van der Waals surface area (Å²) in [5.74, 6) is -1.27. The van der Waals surface area contributed by atoms with Crippen LogP contribution in [0.1, 0.15) is 29.7 Å². The lowest BCUT2D eigenvalue weighted by Crippen LogP contribution is -2.28. The molecule has 0 fully saturated rings. The third-order valence-electron chi connectivity index (χ3n) is 3.79. The minimum absolute atomic E-state index is 0.0906. The normalized spacial score (nSPS) is 12.3. The molecule has 0 aliphatic carbocycles. The van der Waals surface area contributed by atoms with Gasteiger partial charge in [0.1, 0.15) is 5.75 Å². The molecule has 0 saturated heterocycles. The average Bonchev–Trinajstić information content (AvgIpc) is 2.59. The van der Waals surface area contributed by atoms with E-state index in [0.29, 0.717) is 11.3 Å².